The summed E-state index contributed by atoms with van der Waals surface area (Å²) in [7, 11) is 0. The molecule has 1 atom stereocenters. The quantitative estimate of drug-likeness (QED) is 0.873. The normalized spacial score (nSPS) is 18.6. The van der Waals surface area contributed by atoms with Crippen molar-refractivity contribution in [2.45, 2.75) is 32.7 Å². The minimum atomic E-state index is -2.51. The van der Waals surface area contributed by atoms with Crippen molar-refractivity contribution in [3.63, 3.8) is 0 Å². The van der Waals surface area contributed by atoms with Crippen LogP contribution < -0.4 is 10.2 Å². The molecule has 1 aliphatic rings. The van der Waals surface area contributed by atoms with Crippen molar-refractivity contribution >= 4 is 5.69 Å². The maximum atomic E-state index is 13.6. The Hall–Kier alpha value is -1.95. The molecular formula is C18H24F2N4. The number of hydrogen-bond donors (Lipinski definition) is 2. The van der Waals surface area contributed by atoms with Crippen LogP contribution in [-0.2, 0) is 0 Å². The van der Waals surface area contributed by atoms with Crippen LogP contribution in [-0.4, -0.2) is 35.9 Å². The van der Waals surface area contributed by atoms with Crippen LogP contribution in [0.1, 0.15) is 32.3 Å². The van der Waals surface area contributed by atoms with Gasteiger partial charge in [0.1, 0.15) is 0 Å². The van der Waals surface area contributed by atoms with Gasteiger partial charge in [0.25, 0.3) is 6.43 Å². The minimum Gasteiger partial charge on any atom is -0.369 e. The van der Waals surface area contributed by atoms with E-state index in [1.165, 1.54) is 0 Å². The zero-order valence-electron chi connectivity index (χ0n) is 14.1. The number of halogens is 2. The lowest BCUT2D eigenvalue weighted by molar-refractivity contribution is 0.152. The molecule has 1 aliphatic heterocycles. The molecule has 2 aromatic rings. The van der Waals surface area contributed by atoms with E-state index in [0.29, 0.717) is 23.1 Å². The van der Waals surface area contributed by atoms with Gasteiger partial charge in [0.2, 0.25) is 0 Å². The van der Waals surface area contributed by atoms with Crippen molar-refractivity contribution in [3.8, 4) is 11.1 Å². The molecule has 0 amide bonds. The van der Waals surface area contributed by atoms with Crippen LogP contribution >= 0.6 is 0 Å². The SMILES string of the molecule is CC(C)CC1CN(c2ccc(-c3cn[nH]c3)c(C(F)F)c2)CCN1. The molecule has 4 nitrogen and oxygen atoms in total. The number of alkyl halides is 2. The molecule has 1 aromatic carbocycles. The highest BCUT2D eigenvalue weighted by atomic mass is 19.3. The summed E-state index contributed by atoms with van der Waals surface area (Å²) >= 11 is 0. The summed E-state index contributed by atoms with van der Waals surface area (Å²) in [6.45, 7) is 6.98. The number of nitrogens with zero attached hydrogens (tertiary/aromatic N) is 2. The molecular weight excluding hydrogens is 310 g/mol. The van der Waals surface area contributed by atoms with Crippen molar-refractivity contribution in [2.75, 3.05) is 24.5 Å². The van der Waals surface area contributed by atoms with Gasteiger partial charge in [-0.25, -0.2) is 8.78 Å². The van der Waals surface area contributed by atoms with E-state index in [2.05, 4.69) is 34.3 Å². The molecule has 2 N–H and O–H groups in total. The summed E-state index contributed by atoms with van der Waals surface area (Å²) in [6, 6.07) is 5.75. The number of anilines is 1. The Morgan fingerprint density at radius 3 is 2.83 bits per heavy atom. The average Bonchev–Trinajstić information content (AvgIpc) is 3.08. The maximum Gasteiger partial charge on any atom is 0.264 e. The van der Waals surface area contributed by atoms with E-state index < -0.39 is 6.43 Å². The Morgan fingerprint density at radius 2 is 2.17 bits per heavy atom. The molecule has 1 fully saturated rings. The van der Waals surface area contributed by atoms with Crippen LogP contribution in [0.25, 0.3) is 11.1 Å². The monoisotopic (exact) mass is 334 g/mol. The number of rotatable bonds is 5. The van der Waals surface area contributed by atoms with Crippen molar-refractivity contribution in [2.24, 2.45) is 5.92 Å². The first-order valence-corrected chi connectivity index (χ1v) is 8.44. The molecule has 1 saturated heterocycles. The lowest BCUT2D eigenvalue weighted by Gasteiger charge is -2.36. The predicted octanol–water partition coefficient (Wildman–Crippen LogP) is 3.84. The Kier molecular flexibility index (Phi) is 5.14. The highest BCUT2D eigenvalue weighted by molar-refractivity contribution is 5.70. The topological polar surface area (TPSA) is 44.0 Å². The third-order valence-electron chi connectivity index (χ3n) is 4.46. The first-order valence-electron chi connectivity index (χ1n) is 8.44. The third kappa shape index (κ3) is 3.75. The van der Waals surface area contributed by atoms with E-state index in [9.17, 15) is 8.78 Å². The van der Waals surface area contributed by atoms with Gasteiger partial charge in [-0.05, 0) is 30.0 Å². The van der Waals surface area contributed by atoms with Gasteiger partial charge in [0, 0.05) is 48.7 Å². The summed E-state index contributed by atoms with van der Waals surface area (Å²) in [4.78, 5) is 2.20. The van der Waals surface area contributed by atoms with Gasteiger partial charge in [-0.1, -0.05) is 19.9 Å². The van der Waals surface area contributed by atoms with Gasteiger partial charge < -0.3 is 10.2 Å². The second kappa shape index (κ2) is 7.30. The molecule has 130 valence electrons. The number of benzene rings is 1. The second-order valence-electron chi connectivity index (χ2n) is 6.79. The van der Waals surface area contributed by atoms with E-state index in [0.717, 1.165) is 31.7 Å². The summed E-state index contributed by atoms with van der Waals surface area (Å²) in [5.74, 6) is 0.613. The number of piperazine rings is 1. The van der Waals surface area contributed by atoms with Crippen LogP contribution in [0.3, 0.4) is 0 Å². The van der Waals surface area contributed by atoms with Crippen molar-refractivity contribution in [1.82, 2.24) is 15.5 Å². The average molecular weight is 334 g/mol. The number of aromatic amines is 1. The minimum absolute atomic E-state index is 0.0628. The van der Waals surface area contributed by atoms with Crippen LogP contribution in [0.5, 0.6) is 0 Å². The van der Waals surface area contributed by atoms with Gasteiger partial charge in [-0.15, -0.1) is 0 Å². The lowest BCUT2D eigenvalue weighted by atomic mass is 9.99. The van der Waals surface area contributed by atoms with E-state index in [-0.39, 0.29) is 5.56 Å². The van der Waals surface area contributed by atoms with E-state index in [1.54, 1.807) is 24.5 Å². The van der Waals surface area contributed by atoms with E-state index >= 15 is 0 Å². The zero-order chi connectivity index (χ0) is 17.1. The third-order valence-corrected chi connectivity index (χ3v) is 4.46. The molecule has 0 radical (unpaired) electrons. The van der Waals surface area contributed by atoms with Crippen LogP contribution in [0.15, 0.2) is 30.6 Å². The Bertz CT molecular complexity index is 655. The number of H-pyrrole nitrogens is 1. The largest absolute Gasteiger partial charge is 0.369 e. The van der Waals surface area contributed by atoms with Crippen molar-refractivity contribution < 1.29 is 8.78 Å². The fourth-order valence-corrected chi connectivity index (χ4v) is 3.38. The molecule has 1 aromatic heterocycles. The fourth-order valence-electron chi connectivity index (χ4n) is 3.38. The number of nitrogens with one attached hydrogen (secondary N) is 2. The second-order valence-corrected chi connectivity index (χ2v) is 6.79. The molecule has 2 heterocycles. The highest BCUT2D eigenvalue weighted by Gasteiger charge is 2.22. The lowest BCUT2D eigenvalue weighted by Crippen LogP contribution is -2.51. The smallest absolute Gasteiger partial charge is 0.264 e. The Labute approximate surface area is 141 Å². The standard InChI is InChI=1S/C18H24F2N4/c1-12(2)7-14-11-24(6-5-21-14)15-3-4-16(13-9-22-23-10-13)17(8-15)18(19)20/h3-4,8-10,12,14,18,21H,5-7,11H2,1-2H3,(H,22,23). The van der Waals surface area contributed by atoms with Crippen LogP contribution in [0.2, 0.25) is 0 Å². The summed E-state index contributed by atoms with van der Waals surface area (Å²) in [5, 5.41) is 10.1. The van der Waals surface area contributed by atoms with Crippen molar-refractivity contribution in [3.05, 3.63) is 36.2 Å². The van der Waals surface area contributed by atoms with Gasteiger partial charge in [-0.2, -0.15) is 5.10 Å². The van der Waals surface area contributed by atoms with Crippen molar-refractivity contribution in [1.29, 1.82) is 0 Å². The van der Waals surface area contributed by atoms with E-state index in [4.69, 9.17) is 0 Å². The summed E-state index contributed by atoms with van der Waals surface area (Å²) < 4.78 is 27.1. The molecule has 0 aliphatic carbocycles. The predicted molar refractivity (Wildman–Crippen MR) is 92.4 cm³/mol. The number of aromatic nitrogens is 2. The van der Waals surface area contributed by atoms with Gasteiger partial charge in [-0.3, -0.25) is 5.10 Å². The van der Waals surface area contributed by atoms with Gasteiger partial charge >= 0.3 is 0 Å². The first-order chi connectivity index (χ1) is 11.5. The van der Waals surface area contributed by atoms with Crippen LogP contribution in [0.4, 0.5) is 14.5 Å². The number of hydrogen-bond acceptors (Lipinski definition) is 3. The first kappa shape index (κ1) is 16.9. The molecule has 1 unspecified atom stereocenters. The Morgan fingerprint density at radius 1 is 1.33 bits per heavy atom. The molecule has 0 saturated carbocycles. The molecule has 0 spiro atoms. The van der Waals surface area contributed by atoms with Crippen LogP contribution in [0, 0.1) is 5.92 Å². The maximum absolute atomic E-state index is 13.6. The molecule has 3 rings (SSSR count). The van der Waals surface area contributed by atoms with E-state index in [1.807, 2.05) is 6.07 Å². The van der Waals surface area contributed by atoms with Gasteiger partial charge in [0.15, 0.2) is 0 Å². The molecule has 6 heteroatoms. The summed E-state index contributed by atoms with van der Waals surface area (Å²) in [5.41, 5.74) is 2.16. The summed E-state index contributed by atoms with van der Waals surface area (Å²) in [6.07, 6.45) is 1.80. The molecule has 24 heavy (non-hydrogen) atoms. The molecule has 0 bridgehead atoms. The zero-order valence-corrected chi connectivity index (χ0v) is 14.1. The Balaban J connectivity index is 1.85. The highest BCUT2D eigenvalue weighted by Crippen LogP contribution is 2.34. The van der Waals surface area contributed by atoms with Gasteiger partial charge in [0.05, 0.1) is 6.20 Å². The fraction of sp³-hybridized carbons (Fsp3) is 0.500.